The Kier molecular flexibility index (Phi) is 5.17. The van der Waals surface area contributed by atoms with Crippen molar-refractivity contribution in [3.63, 3.8) is 0 Å². The molecule has 0 bridgehead atoms. The first kappa shape index (κ1) is 15.8. The van der Waals surface area contributed by atoms with Crippen LogP contribution in [0.1, 0.15) is 55.4 Å². The minimum atomic E-state index is -0.201. The molecule has 5 heteroatoms. The van der Waals surface area contributed by atoms with Crippen LogP contribution in [-0.2, 0) is 6.42 Å². The van der Waals surface area contributed by atoms with Crippen molar-refractivity contribution in [2.45, 2.75) is 50.4 Å². The van der Waals surface area contributed by atoms with Crippen molar-refractivity contribution in [3.8, 4) is 0 Å². The van der Waals surface area contributed by atoms with Crippen molar-refractivity contribution in [2.75, 3.05) is 0 Å². The van der Waals surface area contributed by atoms with Crippen molar-refractivity contribution in [3.05, 3.63) is 41.2 Å². The molecule has 0 aliphatic rings. The third kappa shape index (κ3) is 3.94. The summed E-state index contributed by atoms with van der Waals surface area (Å²) in [5, 5.41) is 7.50. The summed E-state index contributed by atoms with van der Waals surface area (Å²) in [4.78, 5) is 16.8. The third-order valence-corrected chi connectivity index (χ3v) is 4.29. The number of benzene rings is 1. The number of nitrogens with one attached hydrogen (secondary N) is 1. The van der Waals surface area contributed by atoms with Crippen LogP contribution in [0.2, 0.25) is 0 Å². The second-order valence-corrected chi connectivity index (χ2v) is 6.64. The Morgan fingerprint density at radius 1 is 1.24 bits per heavy atom. The highest BCUT2D eigenvalue weighted by atomic mass is 32.2. The van der Waals surface area contributed by atoms with E-state index in [4.69, 9.17) is 0 Å². The van der Waals surface area contributed by atoms with Gasteiger partial charge in [-0.15, -0.1) is 5.10 Å². The van der Waals surface area contributed by atoms with Crippen LogP contribution in [0.15, 0.2) is 29.4 Å². The van der Waals surface area contributed by atoms with E-state index in [0.29, 0.717) is 11.1 Å². The highest BCUT2D eigenvalue weighted by Crippen LogP contribution is 2.23. The number of carbonyl (C=O) groups excluding carboxylic acids is 1. The monoisotopic (exact) mass is 303 g/mol. The van der Waals surface area contributed by atoms with Crippen LogP contribution in [0.5, 0.6) is 0 Å². The van der Waals surface area contributed by atoms with Gasteiger partial charge in [-0.1, -0.05) is 56.8 Å². The molecule has 1 N–H and O–H groups in total. The number of thioether (sulfide) groups is 1. The fraction of sp³-hybridized carbons (Fsp3) is 0.438. The molecule has 2 aromatic rings. The Balaban J connectivity index is 2.04. The molecule has 0 saturated heterocycles. The number of aromatic amines is 1. The van der Waals surface area contributed by atoms with Crippen molar-refractivity contribution < 1.29 is 4.79 Å². The summed E-state index contributed by atoms with van der Waals surface area (Å²) in [5.74, 6) is 1.27. The zero-order valence-electron chi connectivity index (χ0n) is 12.9. The lowest BCUT2D eigenvalue weighted by atomic mass is 10.1. The van der Waals surface area contributed by atoms with E-state index in [1.807, 2.05) is 31.2 Å². The van der Waals surface area contributed by atoms with E-state index in [1.165, 1.54) is 17.3 Å². The van der Waals surface area contributed by atoms with Crippen LogP contribution in [0.4, 0.5) is 0 Å². The number of nitrogens with zero attached hydrogens (tertiary/aromatic N) is 2. The van der Waals surface area contributed by atoms with E-state index < -0.39 is 0 Å². The molecule has 1 aromatic heterocycles. The summed E-state index contributed by atoms with van der Waals surface area (Å²) in [6, 6.07) is 7.81. The quantitative estimate of drug-likeness (QED) is 0.650. The molecule has 0 aliphatic carbocycles. The minimum absolute atomic E-state index is 0.110. The van der Waals surface area contributed by atoms with Gasteiger partial charge in [0.25, 0.3) is 0 Å². The Morgan fingerprint density at radius 3 is 2.43 bits per heavy atom. The van der Waals surface area contributed by atoms with E-state index in [1.54, 1.807) is 0 Å². The maximum Gasteiger partial charge on any atom is 0.209 e. The van der Waals surface area contributed by atoms with Gasteiger partial charge in [0.05, 0.1) is 5.25 Å². The van der Waals surface area contributed by atoms with Crippen molar-refractivity contribution in [1.82, 2.24) is 15.2 Å². The highest BCUT2D eigenvalue weighted by molar-refractivity contribution is 8.00. The summed E-state index contributed by atoms with van der Waals surface area (Å²) in [6.07, 6.45) is 0.980. The van der Waals surface area contributed by atoms with Crippen molar-refractivity contribution in [2.24, 2.45) is 0 Å². The second-order valence-electron chi connectivity index (χ2n) is 5.33. The highest BCUT2D eigenvalue weighted by Gasteiger charge is 2.19. The summed E-state index contributed by atoms with van der Waals surface area (Å²) >= 11 is 1.39. The number of ketones is 1. The van der Waals surface area contributed by atoms with Crippen molar-refractivity contribution in [1.29, 1.82) is 0 Å². The predicted molar refractivity (Wildman–Crippen MR) is 85.9 cm³/mol. The summed E-state index contributed by atoms with van der Waals surface area (Å²) < 4.78 is 0. The number of aryl methyl sites for hydroxylation is 1. The molecule has 0 radical (unpaired) electrons. The normalized spacial score (nSPS) is 12.6. The van der Waals surface area contributed by atoms with Gasteiger partial charge in [-0.3, -0.25) is 9.89 Å². The Bertz CT molecular complexity index is 604. The molecule has 4 nitrogen and oxygen atoms in total. The third-order valence-electron chi connectivity index (χ3n) is 3.33. The molecule has 1 atom stereocenters. The predicted octanol–water partition coefficient (Wildman–Crippen LogP) is 3.85. The summed E-state index contributed by atoms with van der Waals surface area (Å²) in [6.45, 7) is 8.11. The second kappa shape index (κ2) is 6.89. The zero-order chi connectivity index (χ0) is 15.4. The first-order valence-corrected chi connectivity index (χ1v) is 8.11. The molecule has 0 spiro atoms. The molecular formula is C16H21N3OS. The van der Waals surface area contributed by atoms with Gasteiger partial charge in [0.1, 0.15) is 5.82 Å². The minimum Gasteiger partial charge on any atom is -0.293 e. The Labute approximate surface area is 129 Å². The van der Waals surface area contributed by atoms with Crippen LogP contribution in [0.3, 0.4) is 0 Å². The van der Waals surface area contributed by atoms with E-state index in [9.17, 15) is 4.79 Å². The maximum atomic E-state index is 12.4. The van der Waals surface area contributed by atoms with Crippen LogP contribution < -0.4 is 0 Å². The fourth-order valence-electron chi connectivity index (χ4n) is 1.92. The number of hydrogen-bond acceptors (Lipinski definition) is 4. The standard InChI is InChI=1S/C16H21N3OS/c1-5-12-6-8-13(9-7-12)14(20)11(4)21-16-17-15(10(2)3)18-19-16/h6-11H,5H2,1-4H3,(H,17,18,19)/t11-/m0/s1. The molecule has 2 rings (SSSR count). The fourth-order valence-corrected chi connectivity index (χ4v) is 2.73. The molecule has 112 valence electrons. The van der Waals surface area contributed by atoms with E-state index in [-0.39, 0.29) is 11.0 Å². The topological polar surface area (TPSA) is 58.6 Å². The lowest BCUT2D eigenvalue weighted by Gasteiger charge is -2.08. The van der Waals surface area contributed by atoms with Gasteiger partial charge < -0.3 is 0 Å². The molecule has 21 heavy (non-hydrogen) atoms. The number of aromatic nitrogens is 3. The van der Waals surface area contributed by atoms with Crippen LogP contribution in [0, 0.1) is 0 Å². The van der Waals surface area contributed by atoms with Gasteiger partial charge >= 0.3 is 0 Å². The van der Waals surface area contributed by atoms with Gasteiger partial charge in [-0.25, -0.2) is 4.98 Å². The van der Waals surface area contributed by atoms with E-state index in [0.717, 1.165) is 17.8 Å². The van der Waals surface area contributed by atoms with Gasteiger partial charge in [0.2, 0.25) is 5.16 Å². The summed E-state index contributed by atoms with van der Waals surface area (Å²) in [7, 11) is 0. The number of carbonyl (C=O) groups is 1. The molecule has 1 aromatic carbocycles. The molecule has 0 unspecified atom stereocenters. The van der Waals surface area contributed by atoms with Gasteiger partial charge in [-0.05, 0) is 18.9 Å². The number of H-pyrrole nitrogens is 1. The zero-order valence-corrected chi connectivity index (χ0v) is 13.7. The van der Waals surface area contributed by atoms with E-state index in [2.05, 4.69) is 36.0 Å². The van der Waals surface area contributed by atoms with Crippen LogP contribution >= 0.6 is 11.8 Å². The average Bonchev–Trinajstić information content (AvgIpc) is 2.95. The lowest BCUT2D eigenvalue weighted by Crippen LogP contribution is -2.13. The number of hydrogen-bond donors (Lipinski definition) is 1. The first-order chi connectivity index (χ1) is 10.0. The molecule has 0 aliphatic heterocycles. The molecule has 0 fully saturated rings. The van der Waals surface area contributed by atoms with Crippen molar-refractivity contribution >= 4 is 17.5 Å². The largest absolute Gasteiger partial charge is 0.293 e. The Morgan fingerprint density at radius 2 is 1.90 bits per heavy atom. The molecule has 0 amide bonds. The van der Waals surface area contributed by atoms with Crippen LogP contribution in [0.25, 0.3) is 0 Å². The number of rotatable bonds is 6. The average molecular weight is 303 g/mol. The van der Waals surface area contributed by atoms with Crippen LogP contribution in [-0.4, -0.2) is 26.2 Å². The van der Waals surface area contributed by atoms with Gasteiger partial charge in [0.15, 0.2) is 5.78 Å². The SMILES string of the molecule is CCc1ccc(C(=O)[C@H](C)Sc2n[nH]c(C(C)C)n2)cc1. The summed E-state index contributed by atoms with van der Waals surface area (Å²) in [5.41, 5.74) is 1.98. The smallest absolute Gasteiger partial charge is 0.209 e. The van der Waals surface area contributed by atoms with E-state index >= 15 is 0 Å². The van der Waals surface area contributed by atoms with Gasteiger partial charge in [-0.2, -0.15) is 0 Å². The number of Topliss-reactive ketones (excluding diaryl/α,β-unsaturated/α-hetero) is 1. The Hall–Kier alpha value is -1.62. The van der Waals surface area contributed by atoms with Gasteiger partial charge in [0, 0.05) is 11.5 Å². The maximum absolute atomic E-state index is 12.4. The molecule has 0 saturated carbocycles. The first-order valence-electron chi connectivity index (χ1n) is 7.23. The lowest BCUT2D eigenvalue weighted by molar-refractivity contribution is 0.0994. The molecular weight excluding hydrogens is 282 g/mol. The molecule has 1 heterocycles.